The van der Waals surface area contributed by atoms with Gasteiger partial charge < -0.3 is 16.0 Å². The van der Waals surface area contributed by atoms with Crippen LogP contribution in [0.1, 0.15) is 22.5 Å². The number of nitrogens with two attached hydrogens (primary N) is 1. The molecule has 3 heterocycles. The highest BCUT2D eigenvalue weighted by Gasteiger charge is 2.24. The average molecular weight is 383 g/mol. The summed E-state index contributed by atoms with van der Waals surface area (Å²) >= 11 is 0. The molecular formula is C19H21N5O2S. The van der Waals surface area contributed by atoms with E-state index in [1.165, 1.54) is 0 Å². The number of nitrogens with one attached hydrogen (secondary N) is 2. The zero-order valence-electron chi connectivity index (χ0n) is 14.7. The molecule has 0 bridgehead atoms. The van der Waals surface area contributed by atoms with E-state index in [1.54, 1.807) is 18.5 Å². The molecule has 3 aromatic rings. The first-order chi connectivity index (χ1) is 13.1. The van der Waals surface area contributed by atoms with Crippen LogP contribution in [0.25, 0.3) is 10.9 Å². The summed E-state index contributed by atoms with van der Waals surface area (Å²) < 4.78 is 14.4. The van der Waals surface area contributed by atoms with Crippen LogP contribution in [0.5, 0.6) is 0 Å². The molecule has 2 atom stereocenters. The van der Waals surface area contributed by atoms with Crippen molar-refractivity contribution in [2.24, 2.45) is 5.73 Å². The number of aromatic nitrogens is 2. The summed E-state index contributed by atoms with van der Waals surface area (Å²) in [6.07, 6.45) is 4.27. The maximum Gasteiger partial charge on any atom is 0.267 e. The lowest BCUT2D eigenvalue weighted by Crippen LogP contribution is -2.28. The molecule has 1 aromatic carbocycles. The van der Waals surface area contributed by atoms with Crippen molar-refractivity contribution in [3.63, 3.8) is 0 Å². The first-order valence-corrected chi connectivity index (χ1v) is 9.93. The van der Waals surface area contributed by atoms with Gasteiger partial charge in [-0.15, -0.1) is 0 Å². The van der Waals surface area contributed by atoms with Gasteiger partial charge in [0.05, 0.1) is 4.90 Å². The second-order valence-corrected chi connectivity index (χ2v) is 8.14. The number of pyridine rings is 1. The van der Waals surface area contributed by atoms with E-state index in [4.69, 9.17) is 5.73 Å². The van der Waals surface area contributed by atoms with Crippen molar-refractivity contribution in [3.8, 4) is 0 Å². The van der Waals surface area contributed by atoms with Gasteiger partial charge in [0.15, 0.2) is 0 Å². The number of amides is 1. The van der Waals surface area contributed by atoms with E-state index in [-0.39, 0.29) is 11.9 Å². The third-order valence-electron chi connectivity index (χ3n) is 4.67. The van der Waals surface area contributed by atoms with Crippen LogP contribution in [0.3, 0.4) is 0 Å². The smallest absolute Gasteiger partial charge is 0.267 e. The number of carbonyl (C=O) groups excluding carboxylic acids is 1. The fourth-order valence-electron chi connectivity index (χ4n) is 3.15. The Labute approximate surface area is 159 Å². The Kier molecular flexibility index (Phi) is 5.02. The topological polar surface area (TPSA) is 104 Å². The highest BCUT2D eigenvalue weighted by atomic mass is 32.2. The molecule has 0 spiro atoms. The summed E-state index contributed by atoms with van der Waals surface area (Å²) in [7, 11) is -1.18. The molecule has 1 aliphatic heterocycles. The summed E-state index contributed by atoms with van der Waals surface area (Å²) in [6, 6.07) is 11.2. The van der Waals surface area contributed by atoms with E-state index in [1.807, 2.05) is 34.6 Å². The predicted octanol–water partition coefficient (Wildman–Crippen LogP) is 1.55. The first-order valence-electron chi connectivity index (χ1n) is 8.82. The number of nitrogens with zero attached hydrogens (tertiary/aromatic N) is 2. The number of rotatable bonds is 5. The van der Waals surface area contributed by atoms with E-state index < -0.39 is 11.0 Å². The van der Waals surface area contributed by atoms with Gasteiger partial charge in [-0.05, 0) is 36.2 Å². The Morgan fingerprint density at radius 2 is 2.15 bits per heavy atom. The summed E-state index contributed by atoms with van der Waals surface area (Å²) in [6.45, 7) is 1.81. The molecule has 27 heavy (non-hydrogen) atoms. The quantitative estimate of drug-likeness (QED) is 0.622. The van der Waals surface area contributed by atoms with E-state index >= 15 is 0 Å². The minimum atomic E-state index is -1.18. The van der Waals surface area contributed by atoms with Crippen LogP contribution in [0.2, 0.25) is 0 Å². The van der Waals surface area contributed by atoms with Crippen molar-refractivity contribution in [2.45, 2.75) is 23.9 Å². The third-order valence-corrected chi connectivity index (χ3v) is 6.14. The number of H-pyrrole nitrogens is 1. The van der Waals surface area contributed by atoms with Crippen molar-refractivity contribution in [1.82, 2.24) is 19.6 Å². The van der Waals surface area contributed by atoms with Gasteiger partial charge in [-0.25, -0.2) is 8.51 Å². The van der Waals surface area contributed by atoms with Crippen LogP contribution in [0.15, 0.2) is 53.7 Å². The third kappa shape index (κ3) is 3.92. The number of fused-ring (bicyclic) bond motifs is 1. The van der Waals surface area contributed by atoms with Crippen LogP contribution in [0, 0.1) is 0 Å². The lowest BCUT2D eigenvalue weighted by Gasteiger charge is -2.14. The Balaban J connectivity index is 1.37. The average Bonchev–Trinajstić information content (AvgIpc) is 3.32. The predicted molar refractivity (Wildman–Crippen MR) is 104 cm³/mol. The van der Waals surface area contributed by atoms with Crippen molar-refractivity contribution in [3.05, 3.63) is 60.0 Å². The van der Waals surface area contributed by atoms with E-state index in [9.17, 15) is 9.00 Å². The number of hydrogen-bond donors (Lipinski definition) is 3. The second-order valence-electron chi connectivity index (χ2n) is 6.66. The molecule has 7 nitrogen and oxygen atoms in total. The lowest BCUT2D eigenvalue weighted by atomic mass is 10.2. The lowest BCUT2D eigenvalue weighted by molar-refractivity contribution is 0.0946. The van der Waals surface area contributed by atoms with E-state index in [2.05, 4.69) is 15.3 Å². The maximum atomic E-state index is 12.5. The fourth-order valence-corrected chi connectivity index (χ4v) is 4.41. The number of aromatic amines is 1. The maximum absolute atomic E-state index is 12.5. The van der Waals surface area contributed by atoms with Crippen LogP contribution in [-0.4, -0.2) is 43.5 Å². The number of benzene rings is 1. The summed E-state index contributed by atoms with van der Waals surface area (Å²) in [5.74, 6) is -0.176. The standard InChI is InChI=1S/C19H21N5O2S/c20-15-6-8-24(12-15)27(26)16-3-1-13(2-4-16)10-22-19(25)18-9-14-11-21-7-5-17(14)23-18/h1-5,7,9,11,15,23H,6,8,10,12,20H2,(H,22,25). The highest BCUT2D eigenvalue weighted by molar-refractivity contribution is 7.82. The fraction of sp³-hybridized carbons (Fsp3) is 0.263. The molecule has 0 saturated carbocycles. The van der Waals surface area contributed by atoms with Gasteiger partial charge in [-0.1, -0.05) is 12.1 Å². The Morgan fingerprint density at radius 3 is 2.85 bits per heavy atom. The van der Waals surface area contributed by atoms with Crippen molar-refractivity contribution >= 4 is 27.8 Å². The molecule has 1 saturated heterocycles. The normalized spacial score (nSPS) is 18.6. The zero-order chi connectivity index (χ0) is 18.8. The monoisotopic (exact) mass is 383 g/mol. The molecule has 1 fully saturated rings. The van der Waals surface area contributed by atoms with Crippen molar-refractivity contribution < 1.29 is 9.00 Å². The molecule has 2 aromatic heterocycles. The van der Waals surface area contributed by atoms with E-state index in [0.717, 1.165) is 34.3 Å². The minimum absolute atomic E-state index is 0.101. The summed E-state index contributed by atoms with van der Waals surface area (Å²) in [4.78, 5) is 20.2. The molecule has 4 N–H and O–H groups in total. The number of carbonyl (C=O) groups is 1. The van der Waals surface area contributed by atoms with Crippen LogP contribution in [0.4, 0.5) is 0 Å². The molecule has 140 valence electrons. The van der Waals surface area contributed by atoms with Crippen molar-refractivity contribution in [2.75, 3.05) is 13.1 Å². The molecular weight excluding hydrogens is 362 g/mol. The molecule has 0 radical (unpaired) electrons. The molecule has 1 aliphatic rings. The molecule has 4 rings (SSSR count). The first kappa shape index (κ1) is 17.8. The van der Waals surface area contributed by atoms with Crippen LogP contribution in [-0.2, 0) is 17.5 Å². The Bertz CT molecular complexity index is 952. The number of hydrogen-bond acceptors (Lipinski definition) is 4. The van der Waals surface area contributed by atoms with E-state index in [0.29, 0.717) is 18.8 Å². The zero-order valence-corrected chi connectivity index (χ0v) is 15.5. The molecule has 8 heteroatoms. The van der Waals surface area contributed by atoms with Crippen molar-refractivity contribution in [1.29, 1.82) is 0 Å². The van der Waals surface area contributed by atoms with Gasteiger partial charge >= 0.3 is 0 Å². The van der Waals surface area contributed by atoms with Gasteiger partial charge in [-0.3, -0.25) is 9.78 Å². The summed E-state index contributed by atoms with van der Waals surface area (Å²) in [5.41, 5.74) is 8.21. The van der Waals surface area contributed by atoms with Crippen LogP contribution < -0.4 is 11.1 Å². The Morgan fingerprint density at radius 1 is 1.33 bits per heavy atom. The molecule has 1 amide bonds. The van der Waals surface area contributed by atoms with Gasteiger partial charge in [0.1, 0.15) is 16.7 Å². The molecule has 0 aliphatic carbocycles. The highest BCUT2D eigenvalue weighted by Crippen LogP contribution is 2.17. The SMILES string of the molecule is NC1CCN(S(=O)c2ccc(CNC(=O)c3cc4cnccc4[nH]3)cc2)C1. The van der Waals surface area contributed by atoms with Gasteiger partial charge in [0.2, 0.25) is 0 Å². The minimum Gasteiger partial charge on any atom is -0.350 e. The second kappa shape index (κ2) is 7.59. The largest absolute Gasteiger partial charge is 0.350 e. The summed E-state index contributed by atoms with van der Waals surface area (Å²) in [5, 5.41) is 3.79. The molecule has 2 unspecified atom stereocenters. The van der Waals surface area contributed by atoms with Gasteiger partial charge in [-0.2, -0.15) is 0 Å². The van der Waals surface area contributed by atoms with Gasteiger partial charge in [0, 0.05) is 49.0 Å². The van der Waals surface area contributed by atoms with Crippen LogP contribution >= 0.6 is 0 Å². The Hall–Kier alpha value is -2.55. The van der Waals surface area contributed by atoms with Gasteiger partial charge in [0.25, 0.3) is 5.91 Å².